The molecule has 27 heavy (non-hydrogen) atoms. The summed E-state index contributed by atoms with van der Waals surface area (Å²) in [6.45, 7) is 1.79. The molecule has 0 fully saturated rings. The first-order chi connectivity index (χ1) is 13.0. The summed E-state index contributed by atoms with van der Waals surface area (Å²) in [5.41, 5.74) is 1.33. The van der Waals surface area contributed by atoms with Crippen LogP contribution in [0.4, 0.5) is 5.69 Å². The maximum absolute atomic E-state index is 12.5. The Bertz CT molecular complexity index is 944. The largest absolute Gasteiger partial charge is 0.495 e. The highest BCUT2D eigenvalue weighted by atomic mass is 35.5. The maximum atomic E-state index is 12.5. The molecule has 0 spiro atoms. The number of thioether (sulfide) groups is 1. The summed E-state index contributed by atoms with van der Waals surface area (Å²) in [7, 11) is 1.60. The average Bonchev–Trinajstić information content (AvgIpc) is 3.08. The van der Waals surface area contributed by atoms with Crippen LogP contribution >= 0.6 is 35.0 Å². The fourth-order valence-electron chi connectivity index (χ4n) is 2.38. The van der Waals surface area contributed by atoms with Crippen molar-refractivity contribution in [3.05, 3.63) is 58.8 Å². The number of methoxy groups -OCH3 is 1. The van der Waals surface area contributed by atoms with Gasteiger partial charge in [0.25, 0.3) is 0 Å². The van der Waals surface area contributed by atoms with Gasteiger partial charge in [0.1, 0.15) is 12.1 Å². The molecule has 0 radical (unpaired) electrons. The molecule has 140 valence electrons. The number of anilines is 1. The number of carbonyl (C=O) groups is 1. The van der Waals surface area contributed by atoms with Gasteiger partial charge in [-0.15, -0.1) is 10.2 Å². The van der Waals surface area contributed by atoms with Gasteiger partial charge >= 0.3 is 0 Å². The minimum atomic E-state index is -0.430. The molecule has 1 amide bonds. The standard InChI is InChI=1S/C18H16Cl2N4O2S/c1-11(17(25)22-14-8-12(19)7-13(20)9-14)27-18-23-21-10-24(18)15-5-3-4-6-16(15)26-2/h3-11H,1-2H3,(H,22,25)/t11-/m1/s1. The van der Waals surface area contributed by atoms with E-state index in [1.54, 1.807) is 43.1 Å². The molecule has 2 aromatic carbocycles. The van der Waals surface area contributed by atoms with Crippen LogP contribution in [0.3, 0.4) is 0 Å². The molecule has 3 rings (SSSR count). The van der Waals surface area contributed by atoms with E-state index in [2.05, 4.69) is 15.5 Å². The van der Waals surface area contributed by atoms with Crippen molar-refractivity contribution in [2.75, 3.05) is 12.4 Å². The quantitative estimate of drug-likeness (QED) is 0.582. The number of nitrogens with one attached hydrogen (secondary N) is 1. The van der Waals surface area contributed by atoms with E-state index in [9.17, 15) is 4.79 Å². The van der Waals surface area contributed by atoms with Crippen LogP contribution in [0.25, 0.3) is 5.69 Å². The van der Waals surface area contributed by atoms with Crippen molar-refractivity contribution in [1.29, 1.82) is 0 Å². The van der Waals surface area contributed by atoms with Gasteiger partial charge in [0.05, 0.1) is 18.0 Å². The molecule has 0 saturated heterocycles. The molecule has 3 aromatic rings. The number of benzene rings is 2. The van der Waals surface area contributed by atoms with Gasteiger partial charge in [-0.25, -0.2) is 0 Å². The molecule has 0 aliphatic heterocycles. The number of para-hydroxylation sites is 2. The Balaban J connectivity index is 1.76. The Kier molecular flexibility index (Phi) is 6.26. The van der Waals surface area contributed by atoms with Crippen molar-refractivity contribution in [2.24, 2.45) is 0 Å². The lowest BCUT2D eigenvalue weighted by molar-refractivity contribution is -0.115. The maximum Gasteiger partial charge on any atom is 0.237 e. The smallest absolute Gasteiger partial charge is 0.237 e. The zero-order valence-corrected chi connectivity index (χ0v) is 16.8. The molecule has 6 nitrogen and oxygen atoms in total. The van der Waals surface area contributed by atoms with Gasteiger partial charge in [-0.2, -0.15) is 0 Å². The number of amides is 1. The molecule has 1 heterocycles. The van der Waals surface area contributed by atoms with Crippen LogP contribution in [-0.2, 0) is 4.79 Å². The number of ether oxygens (including phenoxy) is 1. The SMILES string of the molecule is COc1ccccc1-n1cnnc1S[C@H](C)C(=O)Nc1cc(Cl)cc(Cl)c1. The molecule has 0 saturated carbocycles. The molecule has 0 aliphatic rings. The Morgan fingerprint density at radius 3 is 2.63 bits per heavy atom. The van der Waals surface area contributed by atoms with Gasteiger partial charge in [0, 0.05) is 15.7 Å². The lowest BCUT2D eigenvalue weighted by Gasteiger charge is -2.14. The first kappa shape index (κ1) is 19.5. The van der Waals surface area contributed by atoms with Crippen LogP contribution in [-0.4, -0.2) is 33.0 Å². The monoisotopic (exact) mass is 422 g/mol. The summed E-state index contributed by atoms with van der Waals surface area (Å²) >= 11 is 13.2. The van der Waals surface area contributed by atoms with Gasteiger partial charge in [-0.05, 0) is 37.3 Å². The second-order valence-corrected chi connectivity index (χ2v) is 7.74. The Labute approximate surface area is 170 Å². The predicted octanol–water partition coefficient (Wildman–Crippen LogP) is 4.70. The molecule has 0 unspecified atom stereocenters. The van der Waals surface area contributed by atoms with Crippen LogP contribution < -0.4 is 10.1 Å². The van der Waals surface area contributed by atoms with E-state index in [4.69, 9.17) is 27.9 Å². The number of carbonyl (C=O) groups excluding carboxylic acids is 1. The third-order valence-electron chi connectivity index (χ3n) is 3.64. The van der Waals surface area contributed by atoms with Crippen LogP contribution in [0.1, 0.15) is 6.92 Å². The highest BCUT2D eigenvalue weighted by molar-refractivity contribution is 8.00. The van der Waals surface area contributed by atoms with E-state index in [-0.39, 0.29) is 5.91 Å². The Morgan fingerprint density at radius 2 is 1.93 bits per heavy atom. The average molecular weight is 423 g/mol. The second kappa shape index (κ2) is 8.65. The molecule has 0 aliphatic carbocycles. The fraction of sp³-hybridized carbons (Fsp3) is 0.167. The van der Waals surface area contributed by atoms with E-state index in [1.165, 1.54) is 11.8 Å². The Hall–Kier alpha value is -2.22. The first-order valence-electron chi connectivity index (χ1n) is 7.95. The molecular weight excluding hydrogens is 407 g/mol. The van der Waals surface area contributed by atoms with E-state index in [0.717, 1.165) is 5.69 Å². The summed E-state index contributed by atoms with van der Waals surface area (Å²) in [4.78, 5) is 12.5. The summed E-state index contributed by atoms with van der Waals surface area (Å²) in [5.74, 6) is 0.484. The molecule has 0 bridgehead atoms. The number of hydrogen-bond acceptors (Lipinski definition) is 5. The summed E-state index contributed by atoms with van der Waals surface area (Å²) < 4.78 is 7.17. The van der Waals surface area contributed by atoms with Gasteiger partial charge in [0.2, 0.25) is 5.91 Å². The number of aromatic nitrogens is 3. The zero-order valence-electron chi connectivity index (χ0n) is 14.5. The van der Waals surface area contributed by atoms with E-state index in [1.807, 2.05) is 24.3 Å². The van der Waals surface area contributed by atoms with Crippen molar-refractivity contribution in [3.63, 3.8) is 0 Å². The summed E-state index contributed by atoms with van der Waals surface area (Å²) in [5, 5.41) is 11.9. The van der Waals surface area contributed by atoms with E-state index >= 15 is 0 Å². The predicted molar refractivity (Wildman–Crippen MR) is 108 cm³/mol. The van der Waals surface area contributed by atoms with Crippen molar-refractivity contribution in [2.45, 2.75) is 17.3 Å². The van der Waals surface area contributed by atoms with Crippen molar-refractivity contribution in [1.82, 2.24) is 14.8 Å². The van der Waals surface area contributed by atoms with Crippen molar-refractivity contribution < 1.29 is 9.53 Å². The van der Waals surface area contributed by atoms with Gasteiger partial charge in [-0.3, -0.25) is 9.36 Å². The van der Waals surface area contributed by atoms with Gasteiger partial charge in [0.15, 0.2) is 5.16 Å². The third kappa shape index (κ3) is 4.74. The highest BCUT2D eigenvalue weighted by Gasteiger charge is 2.20. The summed E-state index contributed by atoms with van der Waals surface area (Å²) in [6, 6.07) is 12.4. The van der Waals surface area contributed by atoms with Crippen LogP contribution in [0.5, 0.6) is 5.75 Å². The van der Waals surface area contributed by atoms with E-state index in [0.29, 0.717) is 26.6 Å². The van der Waals surface area contributed by atoms with Crippen LogP contribution in [0.2, 0.25) is 10.0 Å². The van der Waals surface area contributed by atoms with Crippen molar-refractivity contribution in [3.8, 4) is 11.4 Å². The Morgan fingerprint density at radius 1 is 1.22 bits per heavy atom. The van der Waals surface area contributed by atoms with E-state index < -0.39 is 5.25 Å². The third-order valence-corrected chi connectivity index (χ3v) is 5.14. The molecule has 9 heteroatoms. The minimum absolute atomic E-state index is 0.201. The van der Waals surface area contributed by atoms with Gasteiger partial charge in [-0.1, -0.05) is 47.1 Å². The topological polar surface area (TPSA) is 69.0 Å². The normalized spacial score (nSPS) is 11.9. The van der Waals surface area contributed by atoms with Crippen molar-refractivity contribution >= 4 is 46.6 Å². The number of hydrogen-bond donors (Lipinski definition) is 1. The number of nitrogens with zero attached hydrogens (tertiary/aromatic N) is 3. The van der Waals surface area contributed by atoms with Gasteiger partial charge < -0.3 is 10.1 Å². The van der Waals surface area contributed by atoms with Crippen LogP contribution in [0.15, 0.2) is 53.9 Å². The molecule has 1 N–H and O–H groups in total. The second-order valence-electron chi connectivity index (χ2n) is 5.56. The first-order valence-corrected chi connectivity index (χ1v) is 9.58. The molecule has 1 atom stereocenters. The lowest BCUT2D eigenvalue weighted by atomic mass is 10.3. The van der Waals surface area contributed by atoms with Crippen LogP contribution in [0, 0.1) is 0 Å². The summed E-state index contributed by atoms with van der Waals surface area (Å²) in [6.07, 6.45) is 1.58. The molecular formula is C18H16Cl2N4O2S. The highest BCUT2D eigenvalue weighted by Crippen LogP contribution is 2.29. The fourth-order valence-corrected chi connectivity index (χ4v) is 3.74. The lowest BCUT2D eigenvalue weighted by Crippen LogP contribution is -2.22. The zero-order chi connectivity index (χ0) is 19.4. The number of rotatable bonds is 6. The molecule has 1 aromatic heterocycles. The minimum Gasteiger partial charge on any atom is -0.495 e. The number of halogens is 2.